The third-order valence-electron chi connectivity index (χ3n) is 1.96. The first kappa shape index (κ1) is 7.98. The average Bonchev–Trinajstić information content (AvgIpc) is 2.44. The molecule has 0 bridgehead atoms. The number of aliphatic imine (C=N–C) groups is 1. The molecule has 66 valence electrons. The molecule has 0 unspecified atom stereocenters. The standard InChI is InChI=1S/C10H10N2O/c1-2-11-9-7-5-3-4-6-8(7)12-10(9)13/h3-6H,2H2,1H3,(H,11,12,13). The van der Waals surface area contributed by atoms with E-state index in [-0.39, 0.29) is 5.91 Å². The van der Waals surface area contributed by atoms with Crippen molar-refractivity contribution in [1.82, 2.24) is 0 Å². The van der Waals surface area contributed by atoms with E-state index in [0.717, 1.165) is 11.3 Å². The number of fused-ring (bicyclic) bond motifs is 1. The molecule has 0 fully saturated rings. The maximum atomic E-state index is 11.4. The third kappa shape index (κ3) is 1.22. The predicted octanol–water partition coefficient (Wildman–Crippen LogP) is 1.45. The van der Waals surface area contributed by atoms with Crippen molar-refractivity contribution in [3.05, 3.63) is 29.8 Å². The van der Waals surface area contributed by atoms with E-state index in [9.17, 15) is 4.79 Å². The van der Waals surface area contributed by atoms with Crippen molar-refractivity contribution >= 4 is 17.3 Å². The highest BCUT2D eigenvalue weighted by Gasteiger charge is 2.24. The van der Waals surface area contributed by atoms with Crippen LogP contribution in [0.5, 0.6) is 0 Å². The lowest BCUT2D eigenvalue weighted by Gasteiger charge is -1.94. The summed E-state index contributed by atoms with van der Waals surface area (Å²) in [6.07, 6.45) is 0. The summed E-state index contributed by atoms with van der Waals surface area (Å²) in [6, 6.07) is 7.59. The molecule has 13 heavy (non-hydrogen) atoms. The van der Waals surface area contributed by atoms with Gasteiger partial charge in [0.2, 0.25) is 0 Å². The first-order valence-corrected chi connectivity index (χ1v) is 4.28. The molecule has 0 saturated heterocycles. The summed E-state index contributed by atoms with van der Waals surface area (Å²) in [4.78, 5) is 15.5. The van der Waals surface area contributed by atoms with Gasteiger partial charge in [-0.25, -0.2) is 0 Å². The molecular formula is C10H10N2O. The molecule has 0 aliphatic carbocycles. The summed E-state index contributed by atoms with van der Waals surface area (Å²) >= 11 is 0. The Labute approximate surface area is 76.5 Å². The Morgan fingerprint density at radius 1 is 1.38 bits per heavy atom. The van der Waals surface area contributed by atoms with Gasteiger partial charge in [0.1, 0.15) is 5.71 Å². The van der Waals surface area contributed by atoms with Crippen LogP contribution in [0.4, 0.5) is 5.69 Å². The number of hydrogen-bond acceptors (Lipinski definition) is 2. The Bertz CT molecular complexity index is 382. The number of nitrogens with zero attached hydrogens (tertiary/aromatic N) is 1. The highest BCUT2D eigenvalue weighted by molar-refractivity contribution is 6.53. The van der Waals surface area contributed by atoms with Crippen molar-refractivity contribution in [2.24, 2.45) is 4.99 Å². The van der Waals surface area contributed by atoms with E-state index in [1.54, 1.807) is 0 Å². The van der Waals surface area contributed by atoms with Crippen LogP contribution in [0.3, 0.4) is 0 Å². The minimum Gasteiger partial charge on any atom is -0.320 e. The van der Waals surface area contributed by atoms with Crippen molar-refractivity contribution < 1.29 is 4.79 Å². The van der Waals surface area contributed by atoms with Gasteiger partial charge < -0.3 is 5.32 Å². The molecule has 3 heteroatoms. The fourth-order valence-electron chi connectivity index (χ4n) is 1.42. The van der Waals surface area contributed by atoms with Gasteiger partial charge in [-0.1, -0.05) is 18.2 Å². The number of nitrogens with one attached hydrogen (secondary N) is 1. The van der Waals surface area contributed by atoms with Gasteiger partial charge >= 0.3 is 0 Å². The zero-order valence-electron chi connectivity index (χ0n) is 7.37. The number of carbonyl (C=O) groups excluding carboxylic acids is 1. The van der Waals surface area contributed by atoms with E-state index < -0.39 is 0 Å². The van der Waals surface area contributed by atoms with Gasteiger partial charge in [-0.15, -0.1) is 0 Å². The Morgan fingerprint density at radius 2 is 2.15 bits per heavy atom. The Hall–Kier alpha value is -1.64. The van der Waals surface area contributed by atoms with E-state index in [4.69, 9.17) is 0 Å². The first-order chi connectivity index (χ1) is 6.33. The number of amides is 1. The fourth-order valence-corrected chi connectivity index (χ4v) is 1.42. The SMILES string of the molecule is CCN=C1C(=O)Nc2ccccc21. The number of rotatable bonds is 1. The molecule has 1 heterocycles. The minimum atomic E-state index is -0.0944. The largest absolute Gasteiger partial charge is 0.320 e. The van der Waals surface area contributed by atoms with Crippen LogP contribution in [0.15, 0.2) is 29.3 Å². The normalized spacial score (nSPS) is 17.3. The van der Waals surface area contributed by atoms with Crippen LogP contribution in [0.1, 0.15) is 12.5 Å². The summed E-state index contributed by atoms with van der Waals surface area (Å²) in [5.74, 6) is -0.0944. The third-order valence-corrected chi connectivity index (χ3v) is 1.96. The second kappa shape index (κ2) is 3.01. The van der Waals surface area contributed by atoms with E-state index in [2.05, 4.69) is 10.3 Å². The Kier molecular flexibility index (Phi) is 1.85. The van der Waals surface area contributed by atoms with E-state index >= 15 is 0 Å². The number of hydrogen-bond donors (Lipinski definition) is 1. The zero-order valence-corrected chi connectivity index (χ0v) is 7.37. The quantitative estimate of drug-likeness (QED) is 0.687. The summed E-state index contributed by atoms with van der Waals surface area (Å²) in [6.45, 7) is 2.55. The predicted molar refractivity (Wildman–Crippen MR) is 52.1 cm³/mol. The van der Waals surface area contributed by atoms with Crippen LogP contribution in [0.25, 0.3) is 0 Å². The maximum absolute atomic E-state index is 11.4. The number of para-hydroxylation sites is 1. The summed E-state index contributed by atoms with van der Waals surface area (Å²) in [5.41, 5.74) is 2.33. The van der Waals surface area contributed by atoms with Gasteiger partial charge in [0, 0.05) is 12.1 Å². The Morgan fingerprint density at radius 3 is 2.92 bits per heavy atom. The van der Waals surface area contributed by atoms with Gasteiger partial charge in [0.25, 0.3) is 5.91 Å². The summed E-state index contributed by atoms with van der Waals surface area (Å²) < 4.78 is 0. The minimum absolute atomic E-state index is 0.0944. The van der Waals surface area contributed by atoms with Crippen LogP contribution >= 0.6 is 0 Å². The van der Waals surface area contributed by atoms with Gasteiger partial charge in [-0.2, -0.15) is 0 Å². The van der Waals surface area contributed by atoms with Crippen molar-refractivity contribution in [3.63, 3.8) is 0 Å². The zero-order chi connectivity index (χ0) is 9.26. The van der Waals surface area contributed by atoms with Crippen LogP contribution < -0.4 is 5.32 Å². The van der Waals surface area contributed by atoms with Gasteiger partial charge in [0.05, 0.1) is 5.69 Å². The monoisotopic (exact) mass is 174 g/mol. The van der Waals surface area contributed by atoms with Gasteiger partial charge in [-0.05, 0) is 13.0 Å². The molecule has 1 aliphatic rings. The highest BCUT2D eigenvalue weighted by Crippen LogP contribution is 2.22. The molecule has 0 aromatic heterocycles. The van der Waals surface area contributed by atoms with Crippen LogP contribution in [0, 0.1) is 0 Å². The van der Waals surface area contributed by atoms with Crippen LogP contribution in [-0.4, -0.2) is 18.2 Å². The molecule has 0 atom stereocenters. The average molecular weight is 174 g/mol. The molecule has 1 amide bonds. The molecule has 0 radical (unpaired) electrons. The molecule has 1 aliphatic heterocycles. The molecule has 2 rings (SSSR count). The molecule has 0 saturated carbocycles. The number of carbonyl (C=O) groups is 1. The topological polar surface area (TPSA) is 41.5 Å². The van der Waals surface area contributed by atoms with E-state index in [0.29, 0.717) is 12.3 Å². The highest BCUT2D eigenvalue weighted by atomic mass is 16.2. The fraction of sp³-hybridized carbons (Fsp3) is 0.200. The smallest absolute Gasteiger partial charge is 0.274 e. The molecule has 1 aromatic carbocycles. The first-order valence-electron chi connectivity index (χ1n) is 4.28. The number of benzene rings is 1. The van der Waals surface area contributed by atoms with Crippen LogP contribution in [-0.2, 0) is 4.79 Å². The second-order valence-corrected chi connectivity index (χ2v) is 2.82. The number of anilines is 1. The van der Waals surface area contributed by atoms with Crippen LogP contribution in [0.2, 0.25) is 0 Å². The van der Waals surface area contributed by atoms with Gasteiger partial charge in [0.15, 0.2) is 0 Å². The van der Waals surface area contributed by atoms with Gasteiger partial charge in [-0.3, -0.25) is 9.79 Å². The van der Waals surface area contributed by atoms with Crippen molar-refractivity contribution in [1.29, 1.82) is 0 Å². The van der Waals surface area contributed by atoms with Crippen molar-refractivity contribution in [2.75, 3.05) is 11.9 Å². The lowest BCUT2D eigenvalue weighted by atomic mass is 10.1. The lowest BCUT2D eigenvalue weighted by molar-refractivity contribution is -0.110. The van der Waals surface area contributed by atoms with Crippen molar-refractivity contribution in [2.45, 2.75) is 6.92 Å². The van der Waals surface area contributed by atoms with E-state index in [1.807, 2.05) is 31.2 Å². The molecule has 0 spiro atoms. The lowest BCUT2D eigenvalue weighted by Crippen LogP contribution is -2.14. The van der Waals surface area contributed by atoms with E-state index in [1.165, 1.54) is 0 Å². The second-order valence-electron chi connectivity index (χ2n) is 2.82. The maximum Gasteiger partial charge on any atom is 0.274 e. The molecular weight excluding hydrogens is 164 g/mol. The van der Waals surface area contributed by atoms with Crippen molar-refractivity contribution in [3.8, 4) is 0 Å². The summed E-state index contributed by atoms with van der Waals surface area (Å²) in [5, 5.41) is 2.76. The molecule has 1 aromatic rings. The molecule has 3 nitrogen and oxygen atoms in total. The summed E-state index contributed by atoms with van der Waals surface area (Å²) in [7, 11) is 0. The Balaban J connectivity index is 2.53. The molecule has 1 N–H and O–H groups in total.